The molecule has 2 aromatic carbocycles. The number of carbonyl (C=O) groups is 1. The molecule has 0 spiro atoms. The highest BCUT2D eigenvalue weighted by atomic mass is 16.6. The highest BCUT2D eigenvalue weighted by Gasteiger charge is 2.26. The monoisotopic (exact) mass is 414 g/mol. The van der Waals surface area contributed by atoms with Gasteiger partial charge >= 0.3 is 5.97 Å². The van der Waals surface area contributed by atoms with Gasteiger partial charge in [0.2, 0.25) is 0 Å². The molecule has 0 saturated heterocycles. The third kappa shape index (κ3) is 4.17. The lowest BCUT2D eigenvalue weighted by Crippen LogP contribution is -2.06. The first-order chi connectivity index (χ1) is 14.5. The third-order valence-corrected chi connectivity index (χ3v) is 4.07. The lowest BCUT2D eigenvalue weighted by molar-refractivity contribution is -0.384. The predicted molar refractivity (Wildman–Crippen MR) is 104 cm³/mol. The van der Waals surface area contributed by atoms with E-state index in [1.54, 1.807) is 19.1 Å². The van der Waals surface area contributed by atoms with Gasteiger partial charge in [-0.1, -0.05) is 5.16 Å². The van der Waals surface area contributed by atoms with Crippen LogP contribution < -0.4 is 14.2 Å². The van der Waals surface area contributed by atoms with E-state index in [9.17, 15) is 14.9 Å². The Bertz CT molecular complexity index is 1060. The van der Waals surface area contributed by atoms with Gasteiger partial charge in [0.05, 0.1) is 31.3 Å². The Kier molecular flexibility index (Phi) is 6.16. The van der Waals surface area contributed by atoms with Crippen molar-refractivity contribution in [2.75, 3.05) is 20.8 Å². The van der Waals surface area contributed by atoms with Gasteiger partial charge in [-0.3, -0.25) is 10.1 Å². The molecule has 0 bridgehead atoms. The molecule has 0 unspecified atom stereocenters. The fourth-order valence-corrected chi connectivity index (χ4v) is 2.69. The van der Waals surface area contributed by atoms with Crippen molar-refractivity contribution in [3.63, 3.8) is 0 Å². The largest absolute Gasteiger partial charge is 0.496 e. The van der Waals surface area contributed by atoms with Gasteiger partial charge in [-0.15, -0.1) is 0 Å². The second kappa shape index (κ2) is 8.95. The molecule has 0 N–H and O–H groups in total. The standard InChI is InChI=1S/C20H18N2O8/c1-4-28-20(23)15-11-29-21-19(15)18-16(27-3)9-14(26-2)10-17(18)30-13-7-5-12(6-8-13)22(24)25/h5-11H,4H2,1-3H3. The van der Waals surface area contributed by atoms with Gasteiger partial charge in [0.15, 0.2) is 0 Å². The van der Waals surface area contributed by atoms with Crippen molar-refractivity contribution in [3.05, 3.63) is 58.3 Å². The van der Waals surface area contributed by atoms with Crippen LogP contribution in [-0.4, -0.2) is 36.9 Å². The van der Waals surface area contributed by atoms with E-state index in [2.05, 4.69) is 5.16 Å². The molecule has 30 heavy (non-hydrogen) atoms. The number of nitro benzene ring substituents is 1. The zero-order chi connectivity index (χ0) is 21.7. The summed E-state index contributed by atoms with van der Waals surface area (Å²) in [6.07, 6.45) is 1.17. The molecule has 0 amide bonds. The molecule has 0 aliphatic carbocycles. The zero-order valence-corrected chi connectivity index (χ0v) is 16.4. The Balaban J connectivity index is 2.12. The number of esters is 1. The van der Waals surface area contributed by atoms with E-state index < -0.39 is 10.9 Å². The average molecular weight is 414 g/mol. The second-order valence-electron chi connectivity index (χ2n) is 5.85. The number of hydrogen-bond acceptors (Lipinski definition) is 9. The van der Waals surface area contributed by atoms with E-state index in [1.165, 1.54) is 44.7 Å². The van der Waals surface area contributed by atoms with E-state index in [1.807, 2.05) is 0 Å². The highest BCUT2D eigenvalue weighted by Crippen LogP contribution is 2.44. The topological polar surface area (TPSA) is 123 Å². The minimum absolute atomic E-state index is 0.0769. The van der Waals surface area contributed by atoms with E-state index >= 15 is 0 Å². The van der Waals surface area contributed by atoms with Gasteiger partial charge in [0.1, 0.15) is 40.5 Å². The summed E-state index contributed by atoms with van der Waals surface area (Å²) in [5, 5.41) is 14.8. The number of nitrogens with zero attached hydrogens (tertiary/aromatic N) is 2. The van der Waals surface area contributed by atoms with Crippen LogP contribution in [0.25, 0.3) is 11.3 Å². The predicted octanol–water partition coefficient (Wildman–Crippen LogP) is 4.24. The maximum absolute atomic E-state index is 12.3. The molecule has 0 radical (unpaired) electrons. The van der Waals surface area contributed by atoms with E-state index in [4.69, 9.17) is 23.5 Å². The van der Waals surface area contributed by atoms with E-state index in [-0.39, 0.29) is 29.3 Å². The van der Waals surface area contributed by atoms with E-state index in [0.717, 1.165) is 0 Å². The van der Waals surface area contributed by atoms with Gasteiger partial charge < -0.3 is 23.5 Å². The fraction of sp³-hybridized carbons (Fsp3) is 0.200. The first kappa shape index (κ1) is 20.6. The molecule has 0 aliphatic rings. The van der Waals surface area contributed by atoms with Gasteiger partial charge in [0, 0.05) is 24.3 Å². The SMILES string of the molecule is CCOC(=O)c1conc1-c1c(OC)cc(OC)cc1Oc1ccc([N+](=O)[O-])cc1. The minimum Gasteiger partial charge on any atom is -0.496 e. The Morgan fingerprint density at radius 3 is 2.40 bits per heavy atom. The maximum atomic E-state index is 12.3. The molecule has 10 heteroatoms. The highest BCUT2D eigenvalue weighted by molar-refractivity contribution is 5.97. The van der Waals surface area contributed by atoms with Crippen LogP contribution in [0.5, 0.6) is 23.0 Å². The second-order valence-corrected chi connectivity index (χ2v) is 5.85. The van der Waals surface area contributed by atoms with Gasteiger partial charge in [-0.2, -0.15) is 0 Å². The lowest BCUT2D eigenvalue weighted by atomic mass is 10.0. The fourth-order valence-electron chi connectivity index (χ4n) is 2.69. The van der Waals surface area contributed by atoms with Crippen LogP contribution in [0, 0.1) is 10.1 Å². The van der Waals surface area contributed by atoms with Crippen molar-refractivity contribution in [1.82, 2.24) is 5.16 Å². The quantitative estimate of drug-likeness (QED) is 0.302. The maximum Gasteiger partial charge on any atom is 0.343 e. The number of nitro groups is 1. The third-order valence-electron chi connectivity index (χ3n) is 4.07. The van der Waals surface area contributed by atoms with Crippen LogP contribution in [0.3, 0.4) is 0 Å². The molecule has 1 heterocycles. The Hall–Kier alpha value is -4.08. The Labute approximate surface area is 171 Å². The van der Waals surface area contributed by atoms with Gasteiger partial charge in [-0.25, -0.2) is 4.79 Å². The molecule has 3 rings (SSSR count). The van der Waals surface area contributed by atoms with Crippen molar-refractivity contribution in [2.24, 2.45) is 0 Å². The normalized spacial score (nSPS) is 10.4. The van der Waals surface area contributed by atoms with Crippen LogP contribution in [0.1, 0.15) is 17.3 Å². The Morgan fingerprint density at radius 1 is 1.10 bits per heavy atom. The van der Waals surface area contributed by atoms with E-state index in [0.29, 0.717) is 22.8 Å². The number of ether oxygens (including phenoxy) is 4. The summed E-state index contributed by atoms with van der Waals surface area (Å²) in [6, 6.07) is 8.69. The summed E-state index contributed by atoms with van der Waals surface area (Å²) in [4.78, 5) is 22.7. The summed E-state index contributed by atoms with van der Waals surface area (Å²) in [6.45, 7) is 1.86. The van der Waals surface area contributed by atoms with Crippen LogP contribution >= 0.6 is 0 Å². The molecule has 1 aromatic heterocycles. The lowest BCUT2D eigenvalue weighted by Gasteiger charge is -2.15. The van der Waals surface area contributed by atoms with Crippen LogP contribution in [0.15, 0.2) is 47.2 Å². The summed E-state index contributed by atoms with van der Waals surface area (Å²) in [5.74, 6) is 0.671. The summed E-state index contributed by atoms with van der Waals surface area (Å²) in [5.41, 5.74) is 0.499. The van der Waals surface area contributed by atoms with Crippen LogP contribution in [0.4, 0.5) is 5.69 Å². The molecule has 0 fully saturated rings. The van der Waals surface area contributed by atoms with Crippen molar-refractivity contribution in [1.29, 1.82) is 0 Å². The minimum atomic E-state index is -0.618. The molecule has 10 nitrogen and oxygen atoms in total. The number of benzene rings is 2. The number of aromatic nitrogens is 1. The average Bonchev–Trinajstić information content (AvgIpc) is 3.23. The Morgan fingerprint density at radius 2 is 1.80 bits per heavy atom. The smallest absolute Gasteiger partial charge is 0.343 e. The van der Waals surface area contributed by atoms with Gasteiger partial charge in [-0.05, 0) is 19.1 Å². The molecule has 0 atom stereocenters. The summed E-state index contributed by atoms with van der Waals surface area (Å²) in [7, 11) is 2.92. The zero-order valence-electron chi connectivity index (χ0n) is 16.4. The van der Waals surface area contributed by atoms with Crippen molar-refractivity contribution in [3.8, 4) is 34.3 Å². The van der Waals surface area contributed by atoms with Crippen molar-refractivity contribution >= 4 is 11.7 Å². The molecule has 3 aromatic rings. The molecular weight excluding hydrogens is 396 g/mol. The number of carbonyl (C=O) groups excluding carboxylic acids is 1. The van der Waals surface area contributed by atoms with Crippen LogP contribution in [-0.2, 0) is 4.74 Å². The number of rotatable bonds is 8. The molecular formula is C20H18N2O8. The molecule has 156 valence electrons. The first-order valence-electron chi connectivity index (χ1n) is 8.78. The number of non-ortho nitro benzene ring substituents is 1. The van der Waals surface area contributed by atoms with Crippen molar-refractivity contribution < 1.29 is 33.2 Å². The summed E-state index contributed by atoms with van der Waals surface area (Å²) >= 11 is 0. The number of methoxy groups -OCH3 is 2. The molecule has 0 aliphatic heterocycles. The first-order valence-corrected chi connectivity index (χ1v) is 8.78. The van der Waals surface area contributed by atoms with Crippen LogP contribution in [0.2, 0.25) is 0 Å². The van der Waals surface area contributed by atoms with Gasteiger partial charge in [0.25, 0.3) is 5.69 Å². The summed E-state index contributed by atoms with van der Waals surface area (Å²) < 4.78 is 26.7. The molecule has 0 saturated carbocycles. The number of hydrogen-bond donors (Lipinski definition) is 0. The van der Waals surface area contributed by atoms with Crippen molar-refractivity contribution in [2.45, 2.75) is 6.92 Å².